The molecule has 1 aliphatic rings. The number of aliphatic hydroxyl groups excluding tert-OH is 1. The molecule has 0 radical (unpaired) electrons. The van der Waals surface area contributed by atoms with Crippen molar-refractivity contribution in [1.82, 2.24) is 9.80 Å². The molecule has 1 rings (SSSR count). The van der Waals surface area contributed by atoms with Crippen molar-refractivity contribution in [2.24, 2.45) is 0 Å². The third-order valence-corrected chi connectivity index (χ3v) is 3.21. The molecular weight excluding hydrogens is 232 g/mol. The first-order chi connectivity index (χ1) is 8.69. The predicted molar refractivity (Wildman–Crippen MR) is 70.1 cm³/mol. The number of carbonyl (C=O) groups excluding carboxylic acids is 1. The minimum Gasteiger partial charge on any atom is -0.395 e. The summed E-state index contributed by atoms with van der Waals surface area (Å²) in [7, 11) is 3.46. The average molecular weight is 256 g/mol. The van der Waals surface area contributed by atoms with Crippen molar-refractivity contribution in [2.45, 2.75) is 19.3 Å². The lowest BCUT2D eigenvalue weighted by Crippen LogP contribution is -2.40. The van der Waals surface area contributed by atoms with Crippen LogP contribution in [0, 0.1) is 0 Å². The molecule has 1 aliphatic carbocycles. The molecule has 0 bridgehead atoms. The van der Waals surface area contributed by atoms with Gasteiger partial charge in [0, 0.05) is 32.9 Å². The largest absolute Gasteiger partial charge is 0.395 e. The van der Waals surface area contributed by atoms with Gasteiger partial charge in [-0.05, 0) is 19.3 Å². The van der Waals surface area contributed by atoms with E-state index in [0.29, 0.717) is 26.2 Å². The normalized spacial score (nSPS) is 15.0. The van der Waals surface area contributed by atoms with Gasteiger partial charge in [-0.25, -0.2) is 0 Å². The van der Waals surface area contributed by atoms with Gasteiger partial charge in [0.15, 0.2) is 0 Å². The van der Waals surface area contributed by atoms with Crippen LogP contribution in [0.5, 0.6) is 0 Å². The van der Waals surface area contributed by atoms with Crippen molar-refractivity contribution in [3.8, 4) is 0 Å². The van der Waals surface area contributed by atoms with Crippen LogP contribution in [0.15, 0.2) is 11.8 Å². The van der Waals surface area contributed by atoms with E-state index < -0.39 is 0 Å². The highest BCUT2D eigenvalue weighted by Gasteiger charge is 2.18. The number of methoxy groups -OCH3 is 1. The number of likely N-dealkylation sites (N-methyl/N-ethyl adjacent to an activating group) is 1. The lowest BCUT2D eigenvalue weighted by Gasteiger charge is -2.25. The molecule has 5 heteroatoms. The van der Waals surface area contributed by atoms with Crippen molar-refractivity contribution < 1.29 is 14.6 Å². The first kappa shape index (κ1) is 15.1. The molecule has 0 aromatic rings. The average Bonchev–Trinajstić information content (AvgIpc) is 2.89. The molecule has 0 unspecified atom stereocenters. The smallest absolute Gasteiger partial charge is 0.240 e. The van der Waals surface area contributed by atoms with Crippen LogP contribution in [-0.2, 0) is 9.53 Å². The Kier molecular flexibility index (Phi) is 6.93. The SMILES string of the molecule is COCCN(CCO)CC(=O)N(C)C1=CCCC1. The second-order valence-corrected chi connectivity index (χ2v) is 4.53. The van der Waals surface area contributed by atoms with E-state index in [4.69, 9.17) is 9.84 Å². The maximum atomic E-state index is 12.1. The molecule has 0 saturated carbocycles. The number of ether oxygens (including phenoxy) is 1. The van der Waals surface area contributed by atoms with Crippen LogP contribution in [0.4, 0.5) is 0 Å². The van der Waals surface area contributed by atoms with E-state index in [2.05, 4.69) is 6.08 Å². The van der Waals surface area contributed by atoms with Crippen LogP contribution in [-0.4, -0.2) is 67.8 Å². The lowest BCUT2D eigenvalue weighted by atomic mass is 10.3. The summed E-state index contributed by atoms with van der Waals surface area (Å²) in [4.78, 5) is 15.8. The fourth-order valence-corrected chi connectivity index (χ4v) is 2.05. The molecule has 104 valence electrons. The second-order valence-electron chi connectivity index (χ2n) is 4.53. The van der Waals surface area contributed by atoms with Gasteiger partial charge in [0.05, 0.1) is 19.8 Å². The molecule has 0 aromatic heterocycles. The van der Waals surface area contributed by atoms with E-state index in [9.17, 15) is 4.79 Å². The zero-order valence-electron chi connectivity index (χ0n) is 11.4. The van der Waals surface area contributed by atoms with Gasteiger partial charge in [-0.15, -0.1) is 0 Å². The Hall–Kier alpha value is -0.910. The molecular formula is C13H24N2O3. The summed E-state index contributed by atoms with van der Waals surface area (Å²) in [5.41, 5.74) is 1.12. The Morgan fingerprint density at radius 3 is 2.83 bits per heavy atom. The molecule has 0 aromatic carbocycles. The van der Waals surface area contributed by atoms with Crippen molar-refractivity contribution >= 4 is 5.91 Å². The van der Waals surface area contributed by atoms with Crippen LogP contribution < -0.4 is 0 Å². The molecule has 18 heavy (non-hydrogen) atoms. The molecule has 1 amide bonds. The molecule has 0 fully saturated rings. The van der Waals surface area contributed by atoms with Crippen molar-refractivity contribution in [1.29, 1.82) is 0 Å². The van der Waals surface area contributed by atoms with Gasteiger partial charge in [0.25, 0.3) is 0 Å². The maximum absolute atomic E-state index is 12.1. The van der Waals surface area contributed by atoms with E-state index in [0.717, 1.165) is 25.0 Å². The lowest BCUT2D eigenvalue weighted by molar-refractivity contribution is -0.129. The molecule has 5 nitrogen and oxygen atoms in total. The number of allylic oxidation sites excluding steroid dienone is 2. The van der Waals surface area contributed by atoms with Crippen LogP contribution in [0.25, 0.3) is 0 Å². The Balaban J connectivity index is 2.43. The number of hydrogen-bond acceptors (Lipinski definition) is 4. The van der Waals surface area contributed by atoms with Crippen molar-refractivity contribution in [3.05, 3.63) is 11.8 Å². The topological polar surface area (TPSA) is 53.0 Å². The van der Waals surface area contributed by atoms with Gasteiger partial charge in [0.2, 0.25) is 5.91 Å². The van der Waals surface area contributed by atoms with Gasteiger partial charge in [-0.2, -0.15) is 0 Å². The number of hydrogen-bond donors (Lipinski definition) is 1. The van der Waals surface area contributed by atoms with Gasteiger partial charge < -0.3 is 14.7 Å². The third-order valence-electron chi connectivity index (χ3n) is 3.21. The Labute approximate surface area is 109 Å². The van der Waals surface area contributed by atoms with Crippen molar-refractivity contribution in [2.75, 3.05) is 47.0 Å². The standard InChI is InChI=1S/C13H24N2O3/c1-14(12-5-3-4-6-12)13(17)11-15(7-9-16)8-10-18-2/h5,16H,3-4,6-11H2,1-2H3. The van der Waals surface area contributed by atoms with Crippen LogP contribution in [0.2, 0.25) is 0 Å². The zero-order chi connectivity index (χ0) is 13.4. The number of aliphatic hydroxyl groups is 1. The van der Waals surface area contributed by atoms with Gasteiger partial charge >= 0.3 is 0 Å². The summed E-state index contributed by atoms with van der Waals surface area (Å²) < 4.78 is 5.00. The predicted octanol–water partition coefficient (Wildman–Crippen LogP) is 0.453. The van der Waals surface area contributed by atoms with Gasteiger partial charge in [-0.1, -0.05) is 6.08 Å². The summed E-state index contributed by atoms with van der Waals surface area (Å²) in [6.07, 6.45) is 5.32. The Morgan fingerprint density at radius 1 is 1.50 bits per heavy atom. The van der Waals surface area contributed by atoms with Crippen molar-refractivity contribution in [3.63, 3.8) is 0 Å². The quantitative estimate of drug-likeness (QED) is 0.685. The molecule has 0 heterocycles. The highest BCUT2D eigenvalue weighted by atomic mass is 16.5. The van der Waals surface area contributed by atoms with E-state index in [1.165, 1.54) is 0 Å². The number of amides is 1. The zero-order valence-corrected chi connectivity index (χ0v) is 11.4. The first-order valence-corrected chi connectivity index (χ1v) is 6.46. The van der Waals surface area contributed by atoms with E-state index in [1.807, 2.05) is 11.9 Å². The van der Waals surface area contributed by atoms with E-state index in [1.54, 1.807) is 12.0 Å². The summed E-state index contributed by atoms with van der Waals surface area (Å²) in [5.74, 6) is 0.0766. The highest BCUT2D eigenvalue weighted by Crippen LogP contribution is 2.20. The third kappa shape index (κ3) is 4.76. The van der Waals surface area contributed by atoms with E-state index >= 15 is 0 Å². The molecule has 1 N–H and O–H groups in total. The van der Waals surface area contributed by atoms with Crippen LogP contribution in [0.3, 0.4) is 0 Å². The molecule has 0 spiro atoms. The molecule has 0 aliphatic heterocycles. The van der Waals surface area contributed by atoms with Gasteiger partial charge in [0.1, 0.15) is 0 Å². The van der Waals surface area contributed by atoms with Crippen LogP contribution >= 0.6 is 0 Å². The summed E-state index contributed by atoms with van der Waals surface area (Å²) in [5, 5.41) is 8.98. The van der Waals surface area contributed by atoms with Crippen LogP contribution in [0.1, 0.15) is 19.3 Å². The first-order valence-electron chi connectivity index (χ1n) is 6.46. The summed E-state index contributed by atoms with van der Waals surface area (Å²) >= 11 is 0. The Morgan fingerprint density at radius 2 is 2.28 bits per heavy atom. The highest BCUT2D eigenvalue weighted by molar-refractivity contribution is 5.79. The summed E-state index contributed by atoms with van der Waals surface area (Å²) in [6, 6.07) is 0. The summed E-state index contributed by atoms with van der Waals surface area (Å²) in [6.45, 7) is 2.12. The minimum atomic E-state index is 0.0589. The number of nitrogens with zero attached hydrogens (tertiary/aromatic N) is 2. The monoisotopic (exact) mass is 256 g/mol. The minimum absolute atomic E-state index is 0.0589. The molecule has 0 atom stereocenters. The fourth-order valence-electron chi connectivity index (χ4n) is 2.05. The Bertz CT molecular complexity index is 292. The number of carbonyl (C=O) groups is 1. The molecule has 0 saturated heterocycles. The second kappa shape index (κ2) is 8.24. The maximum Gasteiger partial charge on any atom is 0.240 e. The number of rotatable bonds is 8. The fraction of sp³-hybridized carbons (Fsp3) is 0.769. The van der Waals surface area contributed by atoms with E-state index in [-0.39, 0.29) is 12.5 Å². The van der Waals surface area contributed by atoms with Gasteiger partial charge in [-0.3, -0.25) is 9.69 Å².